The summed E-state index contributed by atoms with van der Waals surface area (Å²) < 4.78 is 4.89. The number of benzene rings is 1. The van der Waals surface area contributed by atoms with Crippen LogP contribution in [0.25, 0.3) is 0 Å². The highest BCUT2D eigenvalue weighted by Crippen LogP contribution is 2.13. The summed E-state index contributed by atoms with van der Waals surface area (Å²) in [5.41, 5.74) is 1.43. The Morgan fingerprint density at radius 1 is 1.04 bits per heavy atom. The van der Waals surface area contributed by atoms with Gasteiger partial charge < -0.3 is 15.4 Å². The van der Waals surface area contributed by atoms with Crippen molar-refractivity contribution in [2.45, 2.75) is 6.92 Å². The summed E-state index contributed by atoms with van der Waals surface area (Å²) in [7, 11) is 0. The molecular formula is C16H15N3O4. The lowest BCUT2D eigenvalue weighted by Crippen LogP contribution is -2.21. The number of hydrogen-bond donors (Lipinski definition) is 2. The van der Waals surface area contributed by atoms with Crippen LogP contribution < -0.4 is 10.6 Å². The molecule has 2 amide bonds. The van der Waals surface area contributed by atoms with Gasteiger partial charge in [0.15, 0.2) is 6.61 Å². The highest BCUT2D eigenvalue weighted by Gasteiger charge is 2.10. The Balaban J connectivity index is 1.83. The van der Waals surface area contributed by atoms with Gasteiger partial charge in [0, 0.05) is 30.7 Å². The number of hydrogen-bond acceptors (Lipinski definition) is 5. The molecule has 2 rings (SSSR count). The van der Waals surface area contributed by atoms with Gasteiger partial charge in [-0.15, -0.1) is 0 Å². The molecule has 23 heavy (non-hydrogen) atoms. The molecule has 7 heteroatoms. The van der Waals surface area contributed by atoms with Crippen molar-refractivity contribution in [1.82, 2.24) is 4.98 Å². The number of pyridine rings is 1. The molecule has 0 spiro atoms. The number of amides is 2. The van der Waals surface area contributed by atoms with Gasteiger partial charge in [-0.05, 0) is 36.4 Å². The Morgan fingerprint density at radius 2 is 1.70 bits per heavy atom. The van der Waals surface area contributed by atoms with Crippen molar-refractivity contribution in [3.8, 4) is 0 Å². The summed E-state index contributed by atoms with van der Waals surface area (Å²) in [6, 6.07) is 9.72. The third-order valence-electron chi connectivity index (χ3n) is 2.72. The maximum atomic E-state index is 11.7. The number of rotatable bonds is 5. The van der Waals surface area contributed by atoms with Gasteiger partial charge in [-0.3, -0.25) is 14.6 Å². The average molecular weight is 313 g/mol. The predicted octanol–water partition coefficient (Wildman–Crippen LogP) is 1.84. The zero-order valence-electron chi connectivity index (χ0n) is 12.4. The first-order valence-corrected chi connectivity index (χ1v) is 6.79. The molecule has 0 fully saturated rings. The SMILES string of the molecule is CC(=O)Nc1ccc(NC(=O)COC(=O)c2cccnc2)cc1. The molecule has 7 nitrogen and oxygen atoms in total. The zero-order valence-corrected chi connectivity index (χ0v) is 12.4. The Labute approximate surface area is 132 Å². The van der Waals surface area contributed by atoms with Gasteiger partial charge in [-0.25, -0.2) is 4.79 Å². The minimum Gasteiger partial charge on any atom is -0.452 e. The van der Waals surface area contributed by atoms with Gasteiger partial charge in [0.1, 0.15) is 0 Å². The molecule has 0 atom stereocenters. The van der Waals surface area contributed by atoms with E-state index in [1.807, 2.05) is 0 Å². The first-order valence-electron chi connectivity index (χ1n) is 6.79. The van der Waals surface area contributed by atoms with Crippen molar-refractivity contribution in [3.63, 3.8) is 0 Å². The van der Waals surface area contributed by atoms with Crippen LogP contribution in [-0.2, 0) is 14.3 Å². The Morgan fingerprint density at radius 3 is 2.26 bits per heavy atom. The lowest BCUT2D eigenvalue weighted by Gasteiger charge is -2.07. The van der Waals surface area contributed by atoms with Gasteiger partial charge in [-0.1, -0.05) is 0 Å². The number of anilines is 2. The second-order valence-corrected chi connectivity index (χ2v) is 4.62. The van der Waals surface area contributed by atoms with E-state index in [2.05, 4.69) is 15.6 Å². The largest absolute Gasteiger partial charge is 0.452 e. The van der Waals surface area contributed by atoms with Crippen LogP contribution in [0, 0.1) is 0 Å². The van der Waals surface area contributed by atoms with Crippen molar-refractivity contribution in [2.75, 3.05) is 17.2 Å². The molecule has 0 saturated heterocycles. The van der Waals surface area contributed by atoms with Crippen LogP contribution in [-0.4, -0.2) is 29.4 Å². The molecule has 0 radical (unpaired) electrons. The maximum Gasteiger partial charge on any atom is 0.340 e. The summed E-state index contributed by atoms with van der Waals surface area (Å²) in [6.45, 7) is 1.01. The number of carbonyl (C=O) groups excluding carboxylic acids is 3. The van der Waals surface area contributed by atoms with Crippen molar-refractivity contribution in [2.24, 2.45) is 0 Å². The standard InChI is InChI=1S/C16H15N3O4/c1-11(20)18-13-4-6-14(7-5-13)19-15(21)10-23-16(22)12-3-2-8-17-9-12/h2-9H,10H2,1H3,(H,18,20)(H,19,21). The second kappa shape index (κ2) is 7.69. The van der Waals surface area contributed by atoms with Crippen molar-refractivity contribution >= 4 is 29.2 Å². The quantitative estimate of drug-likeness (QED) is 0.821. The van der Waals surface area contributed by atoms with Gasteiger partial charge in [0.25, 0.3) is 5.91 Å². The third-order valence-corrected chi connectivity index (χ3v) is 2.72. The third kappa shape index (κ3) is 5.24. The van der Waals surface area contributed by atoms with Crippen LogP contribution in [0.5, 0.6) is 0 Å². The summed E-state index contributed by atoms with van der Waals surface area (Å²) in [5.74, 6) is -1.26. The molecule has 118 valence electrons. The number of ether oxygens (including phenoxy) is 1. The molecule has 0 aliphatic carbocycles. The minimum absolute atomic E-state index is 0.177. The topological polar surface area (TPSA) is 97.4 Å². The van der Waals surface area contributed by atoms with Crippen LogP contribution in [0.2, 0.25) is 0 Å². The molecule has 1 aromatic carbocycles. The molecule has 0 aliphatic rings. The monoisotopic (exact) mass is 313 g/mol. The van der Waals surface area contributed by atoms with Crippen LogP contribution in [0.3, 0.4) is 0 Å². The first kappa shape index (κ1) is 16.2. The Kier molecular flexibility index (Phi) is 5.40. The fraction of sp³-hybridized carbons (Fsp3) is 0.125. The molecule has 2 aromatic rings. The summed E-state index contributed by atoms with van der Waals surface area (Å²) in [4.78, 5) is 38.1. The van der Waals surface area contributed by atoms with Crippen molar-refractivity contribution in [3.05, 3.63) is 54.4 Å². The number of nitrogens with one attached hydrogen (secondary N) is 2. The van der Waals surface area contributed by atoms with Gasteiger partial charge in [0.2, 0.25) is 5.91 Å². The van der Waals surface area contributed by atoms with E-state index in [0.29, 0.717) is 11.4 Å². The Hall–Kier alpha value is -3.22. The van der Waals surface area contributed by atoms with E-state index < -0.39 is 18.5 Å². The maximum absolute atomic E-state index is 11.7. The van der Waals surface area contributed by atoms with E-state index in [4.69, 9.17) is 4.74 Å². The van der Waals surface area contributed by atoms with E-state index >= 15 is 0 Å². The number of esters is 1. The predicted molar refractivity (Wildman–Crippen MR) is 83.9 cm³/mol. The number of carbonyl (C=O) groups is 3. The van der Waals surface area contributed by atoms with Crippen LogP contribution in [0.15, 0.2) is 48.8 Å². The van der Waals surface area contributed by atoms with Crippen LogP contribution in [0.1, 0.15) is 17.3 Å². The Bertz CT molecular complexity index is 699. The summed E-state index contributed by atoms with van der Waals surface area (Å²) in [6.07, 6.45) is 2.90. The molecule has 0 bridgehead atoms. The smallest absolute Gasteiger partial charge is 0.340 e. The van der Waals surface area contributed by atoms with E-state index in [1.54, 1.807) is 36.4 Å². The molecule has 0 unspecified atom stereocenters. The summed E-state index contributed by atoms with van der Waals surface area (Å²) >= 11 is 0. The van der Waals surface area contributed by atoms with E-state index in [0.717, 1.165) is 0 Å². The van der Waals surface area contributed by atoms with E-state index in [9.17, 15) is 14.4 Å². The molecular weight excluding hydrogens is 298 g/mol. The molecule has 0 aliphatic heterocycles. The molecule has 1 aromatic heterocycles. The number of nitrogens with zero attached hydrogens (tertiary/aromatic N) is 1. The fourth-order valence-electron chi connectivity index (χ4n) is 1.74. The van der Waals surface area contributed by atoms with E-state index in [1.165, 1.54) is 19.3 Å². The molecule has 1 heterocycles. The highest BCUT2D eigenvalue weighted by atomic mass is 16.5. The normalized spacial score (nSPS) is 9.78. The van der Waals surface area contributed by atoms with Crippen molar-refractivity contribution in [1.29, 1.82) is 0 Å². The lowest BCUT2D eigenvalue weighted by atomic mass is 10.2. The van der Waals surface area contributed by atoms with Crippen molar-refractivity contribution < 1.29 is 19.1 Å². The van der Waals surface area contributed by atoms with Crippen LogP contribution >= 0.6 is 0 Å². The zero-order chi connectivity index (χ0) is 16.7. The number of aromatic nitrogens is 1. The van der Waals surface area contributed by atoms with Gasteiger partial charge in [-0.2, -0.15) is 0 Å². The van der Waals surface area contributed by atoms with Gasteiger partial charge in [0.05, 0.1) is 5.56 Å². The van der Waals surface area contributed by atoms with Crippen LogP contribution in [0.4, 0.5) is 11.4 Å². The molecule has 2 N–H and O–H groups in total. The van der Waals surface area contributed by atoms with E-state index in [-0.39, 0.29) is 11.5 Å². The lowest BCUT2D eigenvalue weighted by molar-refractivity contribution is -0.119. The fourth-order valence-corrected chi connectivity index (χ4v) is 1.74. The highest BCUT2D eigenvalue weighted by molar-refractivity contribution is 5.95. The minimum atomic E-state index is -0.616. The molecule has 0 saturated carbocycles. The van der Waals surface area contributed by atoms with Gasteiger partial charge >= 0.3 is 5.97 Å². The first-order chi connectivity index (χ1) is 11.0. The average Bonchev–Trinajstić information content (AvgIpc) is 2.55. The second-order valence-electron chi connectivity index (χ2n) is 4.62. The summed E-state index contributed by atoms with van der Waals surface area (Å²) in [5, 5.41) is 5.20.